The molecule has 31 heavy (non-hydrogen) atoms. The molecule has 4 heterocycles. The third-order valence-corrected chi connectivity index (χ3v) is 6.56. The summed E-state index contributed by atoms with van der Waals surface area (Å²) in [6.45, 7) is 1.85. The highest BCUT2D eigenvalue weighted by Gasteiger charge is 2.23. The van der Waals surface area contributed by atoms with Crippen molar-refractivity contribution in [2.24, 2.45) is 0 Å². The van der Waals surface area contributed by atoms with Gasteiger partial charge in [0.15, 0.2) is 11.6 Å². The maximum atomic E-state index is 13.5. The van der Waals surface area contributed by atoms with Gasteiger partial charge in [-0.1, -0.05) is 23.2 Å². The van der Waals surface area contributed by atoms with Gasteiger partial charge in [0, 0.05) is 0 Å². The van der Waals surface area contributed by atoms with E-state index in [1.165, 1.54) is 22.2 Å². The number of nitrogens with one attached hydrogen (secondary N) is 2. The fourth-order valence-electron chi connectivity index (χ4n) is 3.23. The van der Waals surface area contributed by atoms with Gasteiger partial charge in [-0.2, -0.15) is 5.10 Å². The van der Waals surface area contributed by atoms with E-state index in [0.717, 1.165) is 4.83 Å². The highest BCUT2D eigenvalue weighted by atomic mass is 79.9. The number of thiazole rings is 1. The summed E-state index contributed by atoms with van der Waals surface area (Å²) in [5.74, 6) is 1.33. The monoisotopic (exact) mass is 536 g/mol. The smallest absolute Gasteiger partial charge is 0.268 e. The molecule has 5 rings (SSSR count). The second-order valence-electron chi connectivity index (χ2n) is 6.52. The summed E-state index contributed by atoms with van der Waals surface area (Å²) in [4.78, 5) is 31.8. The molecule has 0 aliphatic rings. The van der Waals surface area contributed by atoms with Gasteiger partial charge >= 0.3 is 0 Å². The van der Waals surface area contributed by atoms with Gasteiger partial charge in [-0.15, -0.1) is 11.3 Å². The van der Waals surface area contributed by atoms with Gasteiger partial charge in [0.1, 0.15) is 22.5 Å². The molecule has 0 amide bonds. The van der Waals surface area contributed by atoms with Crippen molar-refractivity contribution in [1.29, 1.82) is 0 Å². The van der Waals surface area contributed by atoms with E-state index in [1.54, 1.807) is 23.8 Å². The number of anilines is 1. The van der Waals surface area contributed by atoms with Crippen molar-refractivity contribution >= 4 is 77.5 Å². The van der Waals surface area contributed by atoms with Crippen LogP contribution >= 0.6 is 50.5 Å². The molecule has 0 fully saturated rings. The highest BCUT2D eigenvalue weighted by molar-refractivity contribution is 9.10. The van der Waals surface area contributed by atoms with Gasteiger partial charge in [-0.25, -0.2) is 24.5 Å². The molecule has 5 aromatic rings. The van der Waals surface area contributed by atoms with Gasteiger partial charge in [-0.3, -0.25) is 9.89 Å². The van der Waals surface area contributed by atoms with Crippen LogP contribution in [0.4, 0.5) is 5.82 Å². The number of benzene rings is 1. The number of aromatic amines is 1. The zero-order chi connectivity index (χ0) is 21.7. The lowest BCUT2D eigenvalue weighted by molar-refractivity contribution is 0.719. The first kappa shape index (κ1) is 20.3. The van der Waals surface area contributed by atoms with Gasteiger partial charge in [0.2, 0.25) is 0 Å². The molecule has 9 nitrogen and oxygen atoms in total. The Morgan fingerprint density at radius 1 is 1.19 bits per heavy atom. The number of aromatic nitrogens is 7. The van der Waals surface area contributed by atoms with Gasteiger partial charge in [-0.05, 0) is 35.0 Å². The molecule has 0 aliphatic heterocycles. The topological polar surface area (TPSA) is 114 Å². The van der Waals surface area contributed by atoms with Crippen LogP contribution in [0, 0.1) is 0 Å². The van der Waals surface area contributed by atoms with Crippen LogP contribution in [0.25, 0.3) is 27.1 Å². The van der Waals surface area contributed by atoms with E-state index in [-0.39, 0.29) is 16.0 Å². The van der Waals surface area contributed by atoms with Crippen molar-refractivity contribution in [2.75, 3.05) is 5.32 Å². The number of hydrogen-bond donors (Lipinski definition) is 2. The summed E-state index contributed by atoms with van der Waals surface area (Å²) < 4.78 is 2.00. The minimum absolute atomic E-state index is 0.218. The van der Waals surface area contributed by atoms with Crippen LogP contribution in [0.15, 0.2) is 39.4 Å². The van der Waals surface area contributed by atoms with Crippen LogP contribution in [-0.2, 0) is 0 Å². The highest BCUT2D eigenvalue weighted by Crippen LogP contribution is 2.30. The molecule has 0 saturated heterocycles. The van der Waals surface area contributed by atoms with Crippen LogP contribution in [-0.4, -0.2) is 34.7 Å². The molecule has 0 spiro atoms. The minimum Gasteiger partial charge on any atom is -0.358 e. The van der Waals surface area contributed by atoms with Crippen LogP contribution < -0.4 is 10.9 Å². The number of nitrogens with zero attached hydrogens (tertiary/aromatic N) is 6. The van der Waals surface area contributed by atoms with E-state index in [4.69, 9.17) is 28.2 Å². The lowest BCUT2D eigenvalue weighted by atomic mass is 10.2. The third-order valence-electron chi connectivity index (χ3n) is 4.62. The molecule has 0 radical (unpaired) electrons. The molecule has 2 N–H and O–H groups in total. The number of halogens is 3. The Morgan fingerprint density at radius 2 is 2.00 bits per heavy atom. The van der Waals surface area contributed by atoms with Gasteiger partial charge in [0.25, 0.3) is 5.56 Å². The SMILES string of the molecule is CC(Nc1ncnc2scnc12)c1nc2c(Cl)ccc(Cl)c2c(=O)n1-c1[nH]ncc1Br. The maximum Gasteiger partial charge on any atom is 0.268 e. The quantitative estimate of drug-likeness (QED) is 0.340. The summed E-state index contributed by atoms with van der Waals surface area (Å²) in [7, 11) is 0. The molecule has 1 unspecified atom stereocenters. The Labute approximate surface area is 196 Å². The molecule has 1 aromatic carbocycles. The summed E-state index contributed by atoms with van der Waals surface area (Å²) in [6, 6.07) is 2.71. The Balaban J connectivity index is 1.75. The number of H-pyrrole nitrogens is 1. The predicted octanol–water partition coefficient (Wildman–Crippen LogP) is 4.75. The first-order chi connectivity index (χ1) is 15.0. The Hall–Kier alpha value is -2.60. The van der Waals surface area contributed by atoms with Gasteiger partial charge < -0.3 is 5.32 Å². The molecule has 0 saturated carbocycles. The molecule has 156 valence electrons. The number of rotatable bonds is 4. The van der Waals surface area contributed by atoms with Crippen molar-refractivity contribution in [3.8, 4) is 5.82 Å². The summed E-state index contributed by atoms with van der Waals surface area (Å²) in [5.41, 5.74) is 2.27. The van der Waals surface area contributed by atoms with E-state index >= 15 is 0 Å². The van der Waals surface area contributed by atoms with Crippen LogP contribution in [0.2, 0.25) is 10.0 Å². The number of fused-ring (bicyclic) bond motifs is 2. The third kappa shape index (κ3) is 3.37. The van der Waals surface area contributed by atoms with E-state index in [2.05, 4.69) is 46.4 Å². The fraction of sp³-hybridized carbons (Fsp3) is 0.111. The minimum atomic E-state index is -0.470. The van der Waals surface area contributed by atoms with Crippen molar-refractivity contribution in [3.05, 3.63) is 60.9 Å². The number of hydrogen-bond acceptors (Lipinski definition) is 8. The largest absolute Gasteiger partial charge is 0.358 e. The van der Waals surface area contributed by atoms with Crippen molar-refractivity contribution < 1.29 is 0 Å². The molecule has 13 heteroatoms. The Morgan fingerprint density at radius 3 is 2.77 bits per heavy atom. The first-order valence-electron chi connectivity index (χ1n) is 8.86. The summed E-state index contributed by atoms with van der Waals surface area (Å²) in [6.07, 6.45) is 3.01. The summed E-state index contributed by atoms with van der Waals surface area (Å²) in [5, 5.41) is 10.9. The van der Waals surface area contributed by atoms with E-state index < -0.39 is 6.04 Å². The van der Waals surface area contributed by atoms with Crippen molar-refractivity contribution in [3.63, 3.8) is 0 Å². The van der Waals surface area contributed by atoms with E-state index in [9.17, 15) is 4.79 Å². The second-order valence-corrected chi connectivity index (χ2v) is 9.03. The molecule has 0 bridgehead atoms. The van der Waals surface area contributed by atoms with Crippen molar-refractivity contribution in [1.82, 2.24) is 34.7 Å². The van der Waals surface area contributed by atoms with Crippen LogP contribution in [0.1, 0.15) is 18.8 Å². The lowest BCUT2D eigenvalue weighted by Gasteiger charge is -2.20. The van der Waals surface area contributed by atoms with Crippen LogP contribution in [0.3, 0.4) is 0 Å². The first-order valence-corrected chi connectivity index (χ1v) is 11.3. The zero-order valence-electron chi connectivity index (χ0n) is 15.6. The lowest BCUT2D eigenvalue weighted by Crippen LogP contribution is -2.28. The second kappa shape index (κ2) is 7.83. The average molecular weight is 538 g/mol. The molecular formula is C18H11BrCl2N8OS. The van der Waals surface area contributed by atoms with Crippen molar-refractivity contribution in [2.45, 2.75) is 13.0 Å². The zero-order valence-corrected chi connectivity index (χ0v) is 19.5. The fourth-order valence-corrected chi connectivity index (χ4v) is 4.66. The maximum absolute atomic E-state index is 13.5. The Bertz CT molecular complexity index is 1510. The van der Waals surface area contributed by atoms with E-state index in [0.29, 0.717) is 38.0 Å². The van der Waals surface area contributed by atoms with Crippen LogP contribution in [0.5, 0.6) is 0 Å². The van der Waals surface area contributed by atoms with Gasteiger partial charge in [0.05, 0.1) is 43.2 Å². The molecular weight excluding hydrogens is 527 g/mol. The predicted molar refractivity (Wildman–Crippen MR) is 124 cm³/mol. The van der Waals surface area contributed by atoms with E-state index in [1.807, 2.05) is 6.92 Å². The average Bonchev–Trinajstić information content (AvgIpc) is 3.40. The normalized spacial score (nSPS) is 12.5. The summed E-state index contributed by atoms with van der Waals surface area (Å²) >= 11 is 17.5. The Kier molecular flexibility index (Phi) is 5.13. The molecule has 4 aromatic heterocycles. The molecule has 1 atom stereocenters. The standard InChI is InChI=1S/C18H11BrCl2N8OS/c1-7(26-14-13-17(23-5-22-14)31-6-24-13)15-27-12-10(21)3-2-9(20)11(12)18(30)29(15)16-8(19)4-25-28-16/h2-7H,1H3,(H,25,28)(H,22,23,26). The molecule has 0 aliphatic carbocycles.